The molecule has 1 amide bonds. The van der Waals surface area contributed by atoms with E-state index in [9.17, 15) is 9.59 Å². The normalized spacial score (nSPS) is 26.5. The average Bonchev–Trinajstić information content (AvgIpc) is 2.36. The lowest BCUT2D eigenvalue weighted by molar-refractivity contribution is -0.139. The van der Waals surface area contributed by atoms with Crippen molar-refractivity contribution in [3.8, 4) is 0 Å². The molecule has 1 rings (SSSR count). The number of likely N-dealkylation sites (N-methyl/N-ethyl adjacent to an activating group) is 1. The molecule has 1 aliphatic heterocycles. The van der Waals surface area contributed by atoms with E-state index >= 15 is 0 Å². The van der Waals surface area contributed by atoms with Crippen molar-refractivity contribution in [1.29, 1.82) is 0 Å². The molecule has 1 heterocycles. The zero-order valence-corrected chi connectivity index (χ0v) is 11.7. The molecule has 5 nitrogen and oxygen atoms in total. The van der Waals surface area contributed by atoms with Crippen LogP contribution in [0.1, 0.15) is 40.0 Å². The van der Waals surface area contributed by atoms with Crippen molar-refractivity contribution >= 4 is 11.9 Å². The second-order valence-corrected chi connectivity index (χ2v) is 5.38. The largest absolute Gasteiger partial charge is 0.481 e. The Bertz CT molecular complexity index is 317. The fourth-order valence-corrected chi connectivity index (χ4v) is 2.41. The third-order valence-electron chi connectivity index (χ3n) is 3.80. The lowest BCUT2D eigenvalue weighted by Gasteiger charge is -2.31. The third kappa shape index (κ3) is 3.45. The van der Waals surface area contributed by atoms with Crippen molar-refractivity contribution in [2.45, 2.75) is 58.2 Å². The quantitative estimate of drug-likeness (QED) is 0.820. The summed E-state index contributed by atoms with van der Waals surface area (Å²) >= 11 is 0. The molecule has 0 radical (unpaired) electrons. The summed E-state index contributed by atoms with van der Waals surface area (Å²) in [4.78, 5) is 27.0. The number of hydrogen-bond acceptors (Lipinski definition) is 3. The number of aliphatic carboxylic acids is 1. The zero-order chi connectivity index (χ0) is 13.9. The van der Waals surface area contributed by atoms with Gasteiger partial charge in [0.1, 0.15) is 0 Å². The van der Waals surface area contributed by atoms with Gasteiger partial charge in [-0.3, -0.25) is 14.5 Å². The number of hydrogen-bond donors (Lipinski definition) is 1. The van der Waals surface area contributed by atoms with Gasteiger partial charge in [-0.25, -0.2) is 0 Å². The minimum absolute atomic E-state index is 0.0411. The predicted molar refractivity (Wildman–Crippen MR) is 69.3 cm³/mol. The number of carboxylic acid groups (broad SMARTS) is 1. The smallest absolute Gasteiger partial charge is 0.303 e. The lowest BCUT2D eigenvalue weighted by atomic mass is 10.1. The van der Waals surface area contributed by atoms with E-state index in [0.29, 0.717) is 12.5 Å². The van der Waals surface area contributed by atoms with E-state index in [-0.39, 0.29) is 24.4 Å². The first-order chi connectivity index (χ1) is 8.34. The molecule has 5 heteroatoms. The van der Waals surface area contributed by atoms with Crippen LogP contribution in [0.3, 0.4) is 0 Å². The summed E-state index contributed by atoms with van der Waals surface area (Å²) in [6.45, 7) is 6.85. The number of rotatable bonds is 4. The van der Waals surface area contributed by atoms with Crippen molar-refractivity contribution in [2.24, 2.45) is 0 Å². The molecule has 2 atom stereocenters. The van der Waals surface area contributed by atoms with Gasteiger partial charge in [-0.1, -0.05) is 0 Å². The van der Waals surface area contributed by atoms with Crippen LogP contribution in [0.4, 0.5) is 0 Å². The van der Waals surface area contributed by atoms with Crippen LogP contribution in [0.2, 0.25) is 0 Å². The van der Waals surface area contributed by atoms with Crippen LogP contribution < -0.4 is 0 Å². The van der Waals surface area contributed by atoms with E-state index in [1.807, 2.05) is 30.7 Å². The minimum Gasteiger partial charge on any atom is -0.481 e. The van der Waals surface area contributed by atoms with Crippen LogP contribution in [0.15, 0.2) is 0 Å². The molecule has 0 aromatic carbocycles. The first-order valence-electron chi connectivity index (χ1n) is 6.58. The summed E-state index contributed by atoms with van der Waals surface area (Å²) in [7, 11) is 1.92. The Morgan fingerprint density at radius 1 is 1.50 bits per heavy atom. The molecule has 18 heavy (non-hydrogen) atoms. The Morgan fingerprint density at radius 2 is 2.11 bits per heavy atom. The predicted octanol–water partition coefficient (Wildman–Crippen LogP) is 1.18. The lowest BCUT2D eigenvalue weighted by Crippen LogP contribution is -2.48. The summed E-state index contributed by atoms with van der Waals surface area (Å²) in [5, 5.41) is 8.78. The van der Waals surface area contributed by atoms with Crippen LogP contribution in [0, 0.1) is 0 Å². The van der Waals surface area contributed by atoms with E-state index in [1.54, 1.807) is 0 Å². The summed E-state index contributed by atoms with van der Waals surface area (Å²) in [5.74, 6) is -0.776. The molecule has 0 aliphatic carbocycles. The van der Waals surface area contributed by atoms with E-state index in [1.165, 1.54) is 0 Å². The molecular weight excluding hydrogens is 232 g/mol. The molecular formula is C13H24N2O3. The molecule has 0 bridgehead atoms. The molecule has 0 spiro atoms. The van der Waals surface area contributed by atoms with Crippen LogP contribution in [0.25, 0.3) is 0 Å². The van der Waals surface area contributed by atoms with E-state index in [4.69, 9.17) is 5.11 Å². The fraction of sp³-hybridized carbons (Fsp3) is 0.846. The maximum atomic E-state index is 12.4. The van der Waals surface area contributed by atoms with Gasteiger partial charge < -0.3 is 10.0 Å². The zero-order valence-electron chi connectivity index (χ0n) is 11.7. The van der Waals surface area contributed by atoms with Crippen LogP contribution in [-0.4, -0.2) is 58.5 Å². The molecule has 1 saturated heterocycles. The second kappa shape index (κ2) is 6.18. The molecule has 2 unspecified atom stereocenters. The molecule has 1 fully saturated rings. The van der Waals surface area contributed by atoms with Gasteiger partial charge in [-0.05, 0) is 40.7 Å². The Hall–Kier alpha value is -1.10. The molecule has 0 aromatic rings. The van der Waals surface area contributed by atoms with Gasteiger partial charge in [-0.2, -0.15) is 0 Å². The fourth-order valence-electron chi connectivity index (χ4n) is 2.41. The van der Waals surface area contributed by atoms with Gasteiger partial charge in [0.2, 0.25) is 5.91 Å². The number of nitrogens with zero attached hydrogens (tertiary/aromatic N) is 2. The maximum absolute atomic E-state index is 12.4. The van der Waals surface area contributed by atoms with E-state index < -0.39 is 5.97 Å². The number of amides is 1. The van der Waals surface area contributed by atoms with E-state index in [0.717, 1.165) is 13.0 Å². The molecule has 1 N–H and O–H groups in total. The van der Waals surface area contributed by atoms with Crippen molar-refractivity contribution in [3.63, 3.8) is 0 Å². The molecule has 0 aromatic heterocycles. The summed E-state index contributed by atoms with van der Waals surface area (Å²) < 4.78 is 0. The topological polar surface area (TPSA) is 60.9 Å². The summed E-state index contributed by atoms with van der Waals surface area (Å²) in [6.07, 6.45) is 1.36. The van der Waals surface area contributed by atoms with Crippen molar-refractivity contribution in [2.75, 3.05) is 13.6 Å². The van der Waals surface area contributed by atoms with Crippen molar-refractivity contribution < 1.29 is 14.7 Å². The Morgan fingerprint density at radius 3 is 2.61 bits per heavy atom. The van der Waals surface area contributed by atoms with Gasteiger partial charge in [0.25, 0.3) is 0 Å². The third-order valence-corrected chi connectivity index (χ3v) is 3.80. The number of carbonyl (C=O) groups excluding carboxylic acids is 1. The standard InChI is InChI=1S/C13H24N2O3/c1-9(2)15-8-7-10(3)14(4)11(13(15)18)5-6-12(16)17/h9-11H,5-8H2,1-4H3,(H,16,17). The first kappa shape index (κ1) is 15.0. The SMILES string of the molecule is CC(C)N1CCC(C)N(C)C(CCC(=O)O)C1=O. The highest BCUT2D eigenvalue weighted by molar-refractivity contribution is 5.83. The maximum Gasteiger partial charge on any atom is 0.303 e. The number of carboxylic acids is 1. The van der Waals surface area contributed by atoms with Gasteiger partial charge in [0.15, 0.2) is 0 Å². The highest BCUT2D eigenvalue weighted by Gasteiger charge is 2.34. The highest BCUT2D eigenvalue weighted by Crippen LogP contribution is 2.20. The monoisotopic (exact) mass is 256 g/mol. The average molecular weight is 256 g/mol. The van der Waals surface area contributed by atoms with Gasteiger partial charge in [0.05, 0.1) is 6.04 Å². The van der Waals surface area contributed by atoms with E-state index in [2.05, 4.69) is 6.92 Å². The molecule has 0 saturated carbocycles. The van der Waals surface area contributed by atoms with Gasteiger partial charge in [-0.15, -0.1) is 0 Å². The number of carbonyl (C=O) groups is 2. The van der Waals surface area contributed by atoms with Crippen LogP contribution >= 0.6 is 0 Å². The van der Waals surface area contributed by atoms with Crippen molar-refractivity contribution in [3.05, 3.63) is 0 Å². The highest BCUT2D eigenvalue weighted by atomic mass is 16.4. The molecule has 104 valence electrons. The summed E-state index contributed by atoms with van der Waals surface area (Å²) in [5.41, 5.74) is 0. The van der Waals surface area contributed by atoms with Crippen molar-refractivity contribution in [1.82, 2.24) is 9.80 Å². The van der Waals surface area contributed by atoms with Gasteiger partial charge >= 0.3 is 5.97 Å². The molecule has 1 aliphatic rings. The summed E-state index contributed by atoms with van der Waals surface area (Å²) in [6, 6.07) is 0.168. The Labute approximate surface area is 109 Å². The Balaban J connectivity index is 2.85. The second-order valence-electron chi connectivity index (χ2n) is 5.38. The van der Waals surface area contributed by atoms with Gasteiger partial charge in [0, 0.05) is 25.0 Å². The Kier molecular flexibility index (Phi) is 5.14. The minimum atomic E-state index is -0.843. The van der Waals surface area contributed by atoms with Crippen LogP contribution in [-0.2, 0) is 9.59 Å². The van der Waals surface area contributed by atoms with Crippen LogP contribution in [0.5, 0.6) is 0 Å². The first-order valence-corrected chi connectivity index (χ1v) is 6.58.